The summed E-state index contributed by atoms with van der Waals surface area (Å²) < 4.78 is 0. The van der Waals surface area contributed by atoms with Crippen molar-refractivity contribution in [3.63, 3.8) is 0 Å². The van der Waals surface area contributed by atoms with Gasteiger partial charge in [0.25, 0.3) is 0 Å². The van der Waals surface area contributed by atoms with E-state index in [4.69, 9.17) is 10.7 Å². The first-order chi connectivity index (χ1) is 13.7. The van der Waals surface area contributed by atoms with Gasteiger partial charge in [-0.3, -0.25) is 0 Å². The number of guanidine groups is 1. The summed E-state index contributed by atoms with van der Waals surface area (Å²) in [4.78, 5) is 6.67. The molecule has 1 aliphatic rings. The number of nitrogens with two attached hydrogens (primary N) is 1. The van der Waals surface area contributed by atoms with Crippen LogP contribution in [-0.4, -0.2) is 13.0 Å². The number of hydrogen-bond acceptors (Lipinski definition) is 1. The molecule has 0 heterocycles. The number of benzene rings is 4. The maximum absolute atomic E-state index is 6.38. The van der Waals surface area contributed by atoms with Crippen LogP contribution in [0.4, 0.5) is 5.69 Å². The minimum atomic E-state index is 0.514. The summed E-state index contributed by atoms with van der Waals surface area (Å²) in [5, 5.41) is 4.93. The van der Waals surface area contributed by atoms with Gasteiger partial charge >= 0.3 is 0 Å². The van der Waals surface area contributed by atoms with Gasteiger partial charge in [0.05, 0.1) is 12.2 Å². The second kappa shape index (κ2) is 6.54. The average molecular weight is 363 g/mol. The Labute approximate surface area is 164 Å². The van der Waals surface area contributed by atoms with Crippen molar-refractivity contribution in [2.24, 2.45) is 10.7 Å². The summed E-state index contributed by atoms with van der Waals surface area (Å²) in [6.45, 7) is 0.556. The summed E-state index contributed by atoms with van der Waals surface area (Å²) in [6, 6.07) is 25.4. The van der Waals surface area contributed by atoms with Crippen LogP contribution in [0.15, 0.2) is 77.8 Å². The fourth-order valence-electron chi connectivity index (χ4n) is 4.02. The molecule has 0 fully saturated rings. The van der Waals surface area contributed by atoms with Crippen molar-refractivity contribution in [1.29, 1.82) is 0 Å². The van der Waals surface area contributed by atoms with Crippen molar-refractivity contribution in [1.82, 2.24) is 0 Å². The molecule has 1 aliphatic carbocycles. The molecule has 4 aromatic rings. The molecule has 0 unspecified atom stereocenters. The number of rotatable bonds is 3. The number of fused-ring (bicyclic) bond motifs is 1. The predicted molar refractivity (Wildman–Crippen MR) is 121 cm³/mol. The van der Waals surface area contributed by atoms with Crippen LogP contribution in [0.2, 0.25) is 0 Å². The first-order valence-corrected chi connectivity index (χ1v) is 9.46. The van der Waals surface area contributed by atoms with E-state index in [0.717, 1.165) is 5.69 Å². The van der Waals surface area contributed by atoms with E-state index in [2.05, 4.69) is 84.9 Å². The minimum Gasteiger partial charge on any atom is -0.370 e. The van der Waals surface area contributed by atoms with E-state index in [1.165, 1.54) is 38.2 Å². The summed E-state index contributed by atoms with van der Waals surface area (Å²) in [5.41, 5.74) is 11.2. The Kier molecular flexibility index (Phi) is 3.87. The highest BCUT2D eigenvalue weighted by Gasteiger charge is 2.15. The number of hydrogen-bond donors (Lipinski definition) is 1. The van der Waals surface area contributed by atoms with Gasteiger partial charge in [-0.15, -0.1) is 0 Å². The normalized spacial score (nSPS) is 12.8. The van der Waals surface area contributed by atoms with E-state index >= 15 is 0 Å². The zero-order chi connectivity index (χ0) is 19.1. The molecule has 2 N–H and O–H groups in total. The Balaban J connectivity index is 1.49. The van der Waals surface area contributed by atoms with Crippen LogP contribution >= 0.6 is 0 Å². The molecule has 0 radical (unpaired) electrons. The molecule has 0 aliphatic heterocycles. The molecule has 0 aromatic heterocycles. The van der Waals surface area contributed by atoms with Crippen LogP contribution in [0, 0.1) is 0 Å². The zero-order valence-corrected chi connectivity index (χ0v) is 15.8. The van der Waals surface area contributed by atoms with Gasteiger partial charge in [0, 0.05) is 12.4 Å². The first kappa shape index (κ1) is 16.6. The summed E-state index contributed by atoms with van der Waals surface area (Å²) in [6.07, 6.45) is 4.33. The molecule has 5 rings (SSSR count). The van der Waals surface area contributed by atoms with E-state index in [0.29, 0.717) is 12.5 Å². The smallest absolute Gasteiger partial charge is 0.195 e. The minimum absolute atomic E-state index is 0.514. The Morgan fingerprint density at radius 2 is 1.54 bits per heavy atom. The zero-order valence-electron chi connectivity index (χ0n) is 15.8. The van der Waals surface area contributed by atoms with Crippen LogP contribution in [0.1, 0.15) is 16.7 Å². The maximum Gasteiger partial charge on any atom is 0.195 e. The Morgan fingerprint density at radius 3 is 2.43 bits per heavy atom. The van der Waals surface area contributed by atoms with Crippen molar-refractivity contribution in [2.45, 2.75) is 6.54 Å². The molecule has 4 aromatic carbocycles. The van der Waals surface area contributed by atoms with Gasteiger partial charge in [-0.05, 0) is 38.9 Å². The SMILES string of the molecule is CN(C(N)=NCc1cccc2ccccc12)c1ccc2c3c(cccc13)C=C2. The van der Waals surface area contributed by atoms with Crippen molar-refractivity contribution < 1.29 is 0 Å². The van der Waals surface area contributed by atoms with E-state index in [9.17, 15) is 0 Å². The van der Waals surface area contributed by atoms with Crippen molar-refractivity contribution >= 4 is 45.3 Å². The van der Waals surface area contributed by atoms with Crippen LogP contribution in [0.25, 0.3) is 33.7 Å². The third kappa shape index (κ3) is 2.64. The Bertz CT molecular complexity index is 1250. The third-order valence-corrected chi connectivity index (χ3v) is 5.52. The van der Waals surface area contributed by atoms with Gasteiger partial charge in [0.1, 0.15) is 0 Å². The van der Waals surface area contributed by atoms with Gasteiger partial charge in [-0.2, -0.15) is 0 Å². The summed E-state index contributed by atoms with van der Waals surface area (Å²) in [5.74, 6) is 0.514. The molecular formula is C25H21N3. The lowest BCUT2D eigenvalue weighted by Gasteiger charge is -2.21. The average Bonchev–Trinajstić information content (AvgIpc) is 3.17. The molecule has 0 saturated carbocycles. The molecule has 3 heteroatoms. The van der Waals surface area contributed by atoms with Crippen LogP contribution in [0.3, 0.4) is 0 Å². The summed E-state index contributed by atoms with van der Waals surface area (Å²) >= 11 is 0. The molecule has 0 spiro atoms. The fourth-order valence-corrected chi connectivity index (χ4v) is 4.02. The van der Waals surface area contributed by atoms with Gasteiger partial charge in [0.2, 0.25) is 0 Å². The molecule has 136 valence electrons. The lowest BCUT2D eigenvalue weighted by Crippen LogP contribution is -2.34. The van der Waals surface area contributed by atoms with Crippen molar-refractivity contribution in [3.8, 4) is 0 Å². The molecule has 3 nitrogen and oxygen atoms in total. The van der Waals surface area contributed by atoms with E-state index < -0.39 is 0 Å². The quantitative estimate of drug-likeness (QED) is 0.343. The standard InChI is InChI=1S/C25H21N3/c1-28(23-15-14-19-13-12-18-8-5-11-22(23)24(18)19)25(26)27-16-20-9-4-7-17-6-2-3-10-21(17)20/h2-15H,16H2,1H3,(H2,26,27). The lowest BCUT2D eigenvalue weighted by molar-refractivity contribution is 1.05. The van der Waals surface area contributed by atoms with Crippen molar-refractivity contribution in [2.75, 3.05) is 11.9 Å². The molecule has 28 heavy (non-hydrogen) atoms. The highest BCUT2D eigenvalue weighted by atomic mass is 15.2. The van der Waals surface area contributed by atoms with E-state index in [1.54, 1.807) is 0 Å². The van der Waals surface area contributed by atoms with Gasteiger partial charge in [0.15, 0.2) is 5.96 Å². The highest BCUT2D eigenvalue weighted by Crippen LogP contribution is 2.36. The van der Waals surface area contributed by atoms with Crippen LogP contribution in [0.5, 0.6) is 0 Å². The van der Waals surface area contributed by atoms with Crippen LogP contribution < -0.4 is 10.6 Å². The van der Waals surface area contributed by atoms with E-state index in [-0.39, 0.29) is 0 Å². The second-order valence-corrected chi connectivity index (χ2v) is 7.15. The van der Waals surface area contributed by atoms with E-state index in [1.807, 2.05) is 11.9 Å². The Morgan fingerprint density at radius 1 is 0.821 bits per heavy atom. The third-order valence-electron chi connectivity index (χ3n) is 5.52. The predicted octanol–water partition coefficient (Wildman–Crippen LogP) is 5.43. The number of nitrogens with zero attached hydrogens (tertiary/aromatic N) is 2. The fraction of sp³-hybridized carbons (Fsp3) is 0.0800. The van der Waals surface area contributed by atoms with Gasteiger partial charge in [-0.1, -0.05) is 78.9 Å². The summed E-state index contributed by atoms with van der Waals surface area (Å²) in [7, 11) is 1.98. The number of anilines is 1. The molecular weight excluding hydrogens is 342 g/mol. The topological polar surface area (TPSA) is 41.6 Å². The molecule has 0 atom stereocenters. The molecule has 0 amide bonds. The largest absolute Gasteiger partial charge is 0.370 e. The van der Waals surface area contributed by atoms with Crippen LogP contribution in [-0.2, 0) is 6.54 Å². The highest BCUT2D eigenvalue weighted by molar-refractivity contribution is 6.12. The second-order valence-electron chi connectivity index (χ2n) is 7.15. The monoisotopic (exact) mass is 363 g/mol. The maximum atomic E-state index is 6.38. The molecule has 0 bridgehead atoms. The van der Waals surface area contributed by atoms with Crippen molar-refractivity contribution in [3.05, 3.63) is 89.5 Å². The van der Waals surface area contributed by atoms with Gasteiger partial charge < -0.3 is 10.6 Å². The Hall–Kier alpha value is -3.59. The first-order valence-electron chi connectivity index (χ1n) is 9.46. The molecule has 0 saturated heterocycles. The lowest BCUT2D eigenvalue weighted by atomic mass is 10.0. The number of aliphatic imine (C=N–C) groups is 1. The van der Waals surface area contributed by atoms with Gasteiger partial charge in [-0.25, -0.2) is 4.99 Å².